The van der Waals surface area contributed by atoms with Gasteiger partial charge < -0.3 is 4.74 Å². The van der Waals surface area contributed by atoms with Crippen LogP contribution in [0.1, 0.15) is 13.8 Å². The van der Waals surface area contributed by atoms with Crippen LogP contribution in [-0.4, -0.2) is 11.6 Å². The summed E-state index contributed by atoms with van der Waals surface area (Å²) in [6.07, 6.45) is 0. The number of aromatic nitrogens is 1. The normalized spacial score (nSPS) is 11.0. The zero-order valence-corrected chi connectivity index (χ0v) is 11.0. The molecule has 0 N–H and O–H groups in total. The third kappa shape index (κ3) is 2.53. The number of para-hydroxylation sites is 1. The molecule has 2 aromatic rings. The minimum Gasteiger partial charge on any atom is -0.491 e. The Morgan fingerprint density at radius 3 is 2.81 bits per heavy atom. The maximum absolute atomic E-state index is 5.75. The Hall–Kier alpha value is -1.09. The van der Waals surface area contributed by atoms with Crippen molar-refractivity contribution in [1.29, 1.82) is 0 Å². The van der Waals surface area contributed by atoms with Crippen molar-refractivity contribution in [2.45, 2.75) is 13.8 Å². The number of nitrogens with zero attached hydrogens (tertiary/aromatic N) is 1. The molecule has 0 spiro atoms. The molecule has 0 amide bonds. The van der Waals surface area contributed by atoms with Gasteiger partial charge in [-0.25, -0.2) is 4.98 Å². The zero-order chi connectivity index (χ0) is 11.5. The van der Waals surface area contributed by atoms with E-state index in [4.69, 9.17) is 4.74 Å². The fourth-order valence-corrected chi connectivity index (χ4v) is 1.78. The van der Waals surface area contributed by atoms with Crippen LogP contribution in [-0.2, 0) is 0 Å². The summed E-state index contributed by atoms with van der Waals surface area (Å²) in [5, 5.41) is 1.10. The number of rotatable bonds is 3. The Bertz CT molecular complexity index is 496. The number of ether oxygens (including phenoxy) is 1. The molecule has 84 valence electrons. The molecule has 0 atom stereocenters. The number of benzene rings is 1. The lowest BCUT2D eigenvalue weighted by Gasteiger charge is -2.10. The lowest BCUT2D eigenvalue weighted by Crippen LogP contribution is -2.05. The highest BCUT2D eigenvalue weighted by molar-refractivity contribution is 9.10. The van der Waals surface area contributed by atoms with Crippen molar-refractivity contribution in [1.82, 2.24) is 4.98 Å². The van der Waals surface area contributed by atoms with Gasteiger partial charge in [-0.2, -0.15) is 0 Å². The van der Waals surface area contributed by atoms with Crippen LogP contribution >= 0.6 is 15.9 Å². The first-order valence-corrected chi connectivity index (χ1v) is 6.14. The molecule has 2 nitrogen and oxygen atoms in total. The van der Waals surface area contributed by atoms with Crippen LogP contribution in [0.5, 0.6) is 5.75 Å². The Balaban J connectivity index is 2.40. The monoisotopic (exact) mass is 279 g/mol. The van der Waals surface area contributed by atoms with Crippen molar-refractivity contribution in [3.63, 3.8) is 0 Å². The lowest BCUT2D eigenvalue weighted by atomic mass is 10.2. The van der Waals surface area contributed by atoms with Crippen molar-refractivity contribution >= 4 is 26.8 Å². The summed E-state index contributed by atoms with van der Waals surface area (Å²) < 4.78 is 6.59. The maximum atomic E-state index is 5.75. The molecular weight excluding hydrogens is 266 g/mol. The van der Waals surface area contributed by atoms with E-state index >= 15 is 0 Å². The molecule has 0 bridgehead atoms. The average molecular weight is 280 g/mol. The first kappa shape index (κ1) is 11.4. The second-order valence-electron chi connectivity index (χ2n) is 4.17. The van der Waals surface area contributed by atoms with E-state index in [0.717, 1.165) is 21.3 Å². The molecule has 1 heterocycles. The van der Waals surface area contributed by atoms with E-state index in [2.05, 4.69) is 34.8 Å². The Labute approximate surface area is 104 Å². The predicted octanol–water partition coefficient (Wildman–Crippen LogP) is 4.03. The molecule has 0 aliphatic carbocycles. The van der Waals surface area contributed by atoms with Crippen LogP contribution in [0.2, 0.25) is 0 Å². The molecule has 3 heteroatoms. The maximum Gasteiger partial charge on any atom is 0.145 e. The SMILES string of the molecule is CC(C)COc1cccc2ccc(Br)nc12. The van der Waals surface area contributed by atoms with Crippen LogP contribution < -0.4 is 4.74 Å². The van der Waals surface area contributed by atoms with Gasteiger partial charge in [0.25, 0.3) is 0 Å². The third-order valence-corrected chi connectivity index (χ3v) is 2.66. The first-order valence-electron chi connectivity index (χ1n) is 5.35. The number of pyridine rings is 1. The van der Waals surface area contributed by atoms with Gasteiger partial charge in [0.05, 0.1) is 6.61 Å². The highest BCUT2D eigenvalue weighted by Gasteiger charge is 2.04. The van der Waals surface area contributed by atoms with Gasteiger partial charge in [-0.05, 0) is 40.0 Å². The minimum absolute atomic E-state index is 0.516. The van der Waals surface area contributed by atoms with Crippen LogP contribution in [0.25, 0.3) is 10.9 Å². The van der Waals surface area contributed by atoms with Crippen LogP contribution in [0.3, 0.4) is 0 Å². The fourth-order valence-electron chi connectivity index (χ4n) is 1.47. The van der Waals surface area contributed by atoms with Crippen molar-refractivity contribution in [2.24, 2.45) is 5.92 Å². The summed E-state index contributed by atoms with van der Waals surface area (Å²) in [5.74, 6) is 1.37. The molecule has 0 aliphatic rings. The minimum atomic E-state index is 0.516. The number of hydrogen-bond acceptors (Lipinski definition) is 2. The summed E-state index contributed by atoms with van der Waals surface area (Å²) >= 11 is 3.38. The summed E-state index contributed by atoms with van der Waals surface area (Å²) in [4.78, 5) is 4.45. The van der Waals surface area contributed by atoms with Gasteiger partial charge in [0, 0.05) is 5.39 Å². The van der Waals surface area contributed by atoms with Gasteiger partial charge >= 0.3 is 0 Å². The molecule has 0 aliphatic heterocycles. The third-order valence-electron chi connectivity index (χ3n) is 2.22. The largest absolute Gasteiger partial charge is 0.491 e. The van der Waals surface area contributed by atoms with Gasteiger partial charge in [0.2, 0.25) is 0 Å². The average Bonchev–Trinajstić information content (AvgIpc) is 2.26. The van der Waals surface area contributed by atoms with E-state index < -0.39 is 0 Å². The molecule has 0 radical (unpaired) electrons. The van der Waals surface area contributed by atoms with E-state index in [0.29, 0.717) is 12.5 Å². The number of hydrogen-bond donors (Lipinski definition) is 0. The number of fused-ring (bicyclic) bond motifs is 1. The van der Waals surface area contributed by atoms with Gasteiger partial charge in [-0.1, -0.05) is 26.0 Å². The molecule has 2 rings (SSSR count). The summed E-state index contributed by atoms with van der Waals surface area (Å²) in [7, 11) is 0. The van der Waals surface area contributed by atoms with Crippen molar-refractivity contribution in [3.05, 3.63) is 34.9 Å². The van der Waals surface area contributed by atoms with Crippen LogP contribution in [0.4, 0.5) is 0 Å². The second-order valence-corrected chi connectivity index (χ2v) is 4.98. The summed E-state index contributed by atoms with van der Waals surface area (Å²) in [6.45, 7) is 4.98. The van der Waals surface area contributed by atoms with E-state index in [1.807, 2.05) is 30.3 Å². The summed E-state index contributed by atoms with van der Waals surface area (Å²) in [6, 6.07) is 9.97. The smallest absolute Gasteiger partial charge is 0.145 e. The molecule has 0 saturated heterocycles. The lowest BCUT2D eigenvalue weighted by molar-refractivity contribution is 0.273. The van der Waals surface area contributed by atoms with Crippen molar-refractivity contribution < 1.29 is 4.74 Å². The molecule has 0 fully saturated rings. The van der Waals surface area contributed by atoms with E-state index in [1.165, 1.54) is 0 Å². The topological polar surface area (TPSA) is 22.1 Å². The molecule has 0 saturated carbocycles. The van der Waals surface area contributed by atoms with E-state index in [1.54, 1.807) is 0 Å². The number of halogens is 1. The molecular formula is C13H14BrNO. The van der Waals surface area contributed by atoms with Gasteiger partial charge in [-0.3, -0.25) is 0 Å². The molecule has 16 heavy (non-hydrogen) atoms. The van der Waals surface area contributed by atoms with Crippen molar-refractivity contribution in [2.75, 3.05) is 6.61 Å². The van der Waals surface area contributed by atoms with E-state index in [-0.39, 0.29) is 0 Å². The quantitative estimate of drug-likeness (QED) is 0.792. The van der Waals surface area contributed by atoms with Gasteiger partial charge in [0.1, 0.15) is 15.9 Å². The van der Waals surface area contributed by atoms with E-state index in [9.17, 15) is 0 Å². The molecule has 1 aromatic carbocycles. The second kappa shape index (κ2) is 4.83. The Morgan fingerprint density at radius 1 is 1.25 bits per heavy atom. The van der Waals surface area contributed by atoms with Gasteiger partial charge in [0.15, 0.2) is 0 Å². The highest BCUT2D eigenvalue weighted by Crippen LogP contribution is 2.25. The Morgan fingerprint density at radius 2 is 2.06 bits per heavy atom. The summed E-state index contributed by atoms with van der Waals surface area (Å²) in [5.41, 5.74) is 0.914. The zero-order valence-electron chi connectivity index (χ0n) is 9.40. The highest BCUT2D eigenvalue weighted by atomic mass is 79.9. The molecule has 1 aromatic heterocycles. The predicted molar refractivity (Wildman–Crippen MR) is 69.8 cm³/mol. The first-order chi connectivity index (χ1) is 7.66. The van der Waals surface area contributed by atoms with Crippen LogP contribution in [0, 0.1) is 5.92 Å². The van der Waals surface area contributed by atoms with Gasteiger partial charge in [-0.15, -0.1) is 0 Å². The Kier molecular flexibility index (Phi) is 3.44. The molecule has 0 unspecified atom stereocenters. The standard InChI is InChI=1S/C13H14BrNO/c1-9(2)8-16-11-5-3-4-10-6-7-12(14)15-13(10)11/h3-7,9H,8H2,1-2H3. The fraction of sp³-hybridized carbons (Fsp3) is 0.308. The van der Waals surface area contributed by atoms with Crippen molar-refractivity contribution in [3.8, 4) is 5.75 Å². The van der Waals surface area contributed by atoms with Crippen LogP contribution in [0.15, 0.2) is 34.9 Å².